The van der Waals surface area contributed by atoms with Gasteiger partial charge in [0.2, 0.25) is 10.0 Å². The first kappa shape index (κ1) is 14.3. The molecule has 1 fully saturated rings. The van der Waals surface area contributed by atoms with E-state index in [0.29, 0.717) is 12.4 Å². The molecule has 2 rings (SSSR count). The largest absolute Gasteiger partial charge is 0.497 e. The highest BCUT2D eigenvalue weighted by molar-refractivity contribution is 7.89. The van der Waals surface area contributed by atoms with Gasteiger partial charge in [-0.3, -0.25) is 0 Å². The van der Waals surface area contributed by atoms with Crippen LogP contribution in [0.1, 0.15) is 19.8 Å². The number of sulfonamides is 1. The summed E-state index contributed by atoms with van der Waals surface area (Å²) in [6.07, 6.45) is 1.85. The van der Waals surface area contributed by atoms with Gasteiger partial charge in [-0.25, -0.2) is 13.1 Å². The van der Waals surface area contributed by atoms with Crippen molar-refractivity contribution in [1.29, 1.82) is 0 Å². The second-order valence-corrected chi connectivity index (χ2v) is 6.35. The minimum Gasteiger partial charge on any atom is -0.497 e. The van der Waals surface area contributed by atoms with E-state index in [1.165, 1.54) is 12.1 Å². The van der Waals surface area contributed by atoms with Crippen LogP contribution in [0.3, 0.4) is 0 Å². The van der Waals surface area contributed by atoms with Gasteiger partial charge in [0.05, 0.1) is 18.1 Å². The molecule has 6 heteroatoms. The zero-order chi connectivity index (χ0) is 13.9. The molecule has 1 N–H and O–H groups in total. The van der Waals surface area contributed by atoms with Crippen LogP contribution in [0.4, 0.5) is 0 Å². The van der Waals surface area contributed by atoms with E-state index in [0.717, 1.165) is 12.8 Å². The molecule has 1 aromatic rings. The third-order valence-corrected chi connectivity index (χ3v) is 4.81. The van der Waals surface area contributed by atoms with Crippen molar-refractivity contribution in [3.63, 3.8) is 0 Å². The highest BCUT2D eigenvalue weighted by Crippen LogP contribution is 2.19. The van der Waals surface area contributed by atoms with Gasteiger partial charge in [0.1, 0.15) is 5.75 Å². The molecular weight excluding hydrogens is 266 g/mol. The Labute approximate surface area is 114 Å². The second-order valence-electron chi connectivity index (χ2n) is 4.64. The lowest BCUT2D eigenvalue weighted by Gasteiger charge is -2.20. The van der Waals surface area contributed by atoms with E-state index in [9.17, 15) is 8.42 Å². The highest BCUT2D eigenvalue weighted by atomic mass is 32.2. The molecule has 106 valence electrons. The Morgan fingerprint density at radius 1 is 1.37 bits per heavy atom. The van der Waals surface area contributed by atoms with Crippen molar-refractivity contribution in [2.45, 2.75) is 36.8 Å². The maximum Gasteiger partial charge on any atom is 0.240 e. The van der Waals surface area contributed by atoms with Crippen LogP contribution in [0.15, 0.2) is 29.2 Å². The second kappa shape index (κ2) is 5.90. The molecule has 5 nitrogen and oxygen atoms in total. The van der Waals surface area contributed by atoms with Crippen LogP contribution >= 0.6 is 0 Å². The smallest absolute Gasteiger partial charge is 0.240 e. The van der Waals surface area contributed by atoms with Gasteiger partial charge in [0.15, 0.2) is 0 Å². The number of methoxy groups -OCH3 is 1. The SMILES string of the molecule is COc1ccc(S(=O)(=O)N[C@H](C)[C@H]2CCCO2)cc1. The van der Waals surface area contributed by atoms with E-state index < -0.39 is 10.0 Å². The molecule has 1 saturated heterocycles. The maximum atomic E-state index is 12.2. The van der Waals surface area contributed by atoms with Crippen LogP contribution in [-0.4, -0.2) is 34.3 Å². The number of ether oxygens (including phenoxy) is 2. The topological polar surface area (TPSA) is 64.6 Å². The molecule has 1 aliphatic rings. The first-order valence-corrected chi connectivity index (χ1v) is 7.79. The van der Waals surface area contributed by atoms with Crippen molar-refractivity contribution in [1.82, 2.24) is 4.72 Å². The third kappa shape index (κ3) is 3.46. The molecule has 0 unspecified atom stereocenters. The molecule has 2 atom stereocenters. The number of hydrogen-bond donors (Lipinski definition) is 1. The van der Waals surface area contributed by atoms with Gasteiger partial charge in [-0.15, -0.1) is 0 Å². The van der Waals surface area contributed by atoms with Gasteiger partial charge >= 0.3 is 0 Å². The standard InChI is InChI=1S/C13H19NO4S/c1-10(13-4-3-9-18-13)14-19(15,16)12-7-5-11(17-2)6-8-12/h5-8,10,13-14H,3-4,9H2,1-2H3/t10-,13-/m1/s1. The van der Waals surface area contributed by atoms with Crippen molar-refractivity contribution in [2.24, 2.45) is 0 Å². The molecule has 1 aliphatic heterocycles. The summed E-state index contributed by atoms with van der Waals surface area (Å²) in [5.41, 5.74) is 0. The molecule has 1 aromatic carbocycles. The Bertz CT molecular complexity index is 506. The Hall–Kier alpha value is -1.11. The molecule has 0 aromatic heterocycles. The van der Waals surface area contributed by atoms with Gasteiger partial charge in [0.25, 0.3) is 0 Å². The van der Waals surface area contributed by atoms with Gasteiger partial charge in [-0.05, 0) is 44.0 Å². The molecule has 19 heavy (non-hydrogen) atoms. The molecule has 0 saturated carbocycles. The van der Waals surface area contributed by atoms with Crippen LogP contribution < -0.4 is 9.46 Å². The van der Waals surface area contributed by atoms with Crippen LogP contribution in [-0.2, 0) is 14.8 Å². The Kier molecular flexibility index (Phi) is 4.44. The fourth-order valence-corrected chi connectivity index (χ4v) is 3.41. The summed E-state index contributed by atoms with van der Waals surface area (Å²) in [7, 11) is -1.96. The predicted octanol–water partition coefficient (Wildman–Crippen LogP) is 1.54. The molecule has 0 aliphatic carbocycles. The fraction of sp³-hybridized carbons (Fsp3) is 0.538. The summed E-state index contributed by atoms with van der Waals surface area (Å²) >= 11 is 0. The normalized spacial score (nSPS) is 21.3. The average molecular weight is 285 g/mol. The summed E-state index contributed by atoms with van der Waals surface area (Å²) in [6.45, 7) is 2.54. The first-order valence-electron chi connectivity index (χ1n) is 6.31. The zero-order valence-corrected chi connectivity index (χ0v) is 11.9. The average Bonchev–Trinajstić information content (AvgIpc) is 2.92. The van der Waals surface area contributed by atoms with Crippen LogP contribution in [0.2, 0.25) is 0 Å². The number of benzene rings is 1. The third-order valence-electron chi connectivity index (χ3n) is 3.23. The van der Waals surface area contributed by atoms with Crippen LogP contribution in [0.25, 0.3) is 0 Å². The maximum absolute atomic E-state index is 12.2. The molecule has 0 radical (unpaired) electrons. The zero-order valence-electron chi connectivity index (χ0n) is 11.1. The minimum absolute atomic E-state index is 0.0342. The summed E-state index contributed by atoms with van der Waals surface area (Å²) in [5.74, 6) is 0.631. The summed E-state index contributed by atoms with van der Waals surface area (Å²) in [4.78, 5) is 0.234. The van der Waals surface area contributed by atoms with E-state index in [1.54, 1.807) is 19.2 Å². The van der Waals surface area contributed by atoms with E-state index in [1.807, 2.05) is 6.92 Å². The van der Waals surface area contributed by atoms with Gasteiger partial charge in [0, 0.05) is 12.6 Å². The van der Waals surface area contributed by atoms with Gasteiger partial charge in [-0.2, -0.15) is 0 Å². The van der Waals surface area contributed by atoms with Gasteiger partial charge in [-0.1, -0.05) is 0 Å². The van der Waals surface area contributed by atoms with Crippen molar-refractivity contribution >= 4 is 10.0 Å². The quantitative estimate of drug-likeness (QED) is 0.891. The van der Waals surface area contributed by atoms with E-state index in [4.69, 9.17) is 9.47 Å². The monoisotopic (exact) mass is 285 g/mol. The van der Waals surface area contributed by atoms with Crippen LogP contribution in [0, 0.1) is 0 Å². The predicted molar refractivity (Wildman–Crippen MR) is 71.8 cm³/mol. The Balaban J connectivity index is 2.08. The number of rotatable bonds is 5. The van der Waals surface area contributed by atoms with Crippen molar-refractivity contribution < 1.29 is 17.9 Å². The van der Waals surface area contributed by atoms with E-state index >= 15 is 0 Å². The lowest BCUT2D eigenvalue weighted by atomic mass is 10.1. The molecule has 0 spiro atoms. The van der Waals surface area contributed by atoms with Crippen molar-refractivity contribution in [3.05, 3.63) is 24.3 Å². The lowest BCUT2D eigenvalue weighted by Crippen LogP contribution is -2.40. The highest BCUT2D eigenvalue weighted by Gasteiger charge is 2.26. The van der Waals surface area contributed by atoms with Crippen molar-refractivity contribution in [3.8, 4) is 5.75 Å². The number of hydrogen-bond acceptors (Lipinski definition) is 4. The summed E-state index contributed by atoms with van der Waals surface area (Å²) < 4.78 is 37.5. The van der Waals surface area contributed by atoms with E-state index in [2.05, 4.69) is 4.72 Å². The fourth-order valence-electron chi connectivity index (χ4n) is 2.14. The Morgan fingerprint density at radius 2 is 2.05 bits per heavy atom. The Morgan fingerprint density at radius 3 is 2.58 bits per heavy atom. The molecule has 1 heterocycles. The summed E-state index contributed by atoms with van der Waals surface area (Å²) in [6, 6.07) is 6.10. The number of nitrogens with one attached hydrogen (secondary N) is 1. The first-order chi connectivity index (χ1) is 9.03. The van der Waals surface area contributed by atoms with Crippen molar-refractivity contribution in [2.75, 3.05) is 13.7 Å². The van der Waals surface area contributed by atoms with E-state index in [-0.39, 0.29) is 17.0 Å². The minimum atomic E-state index is -3.51. The molecule has 0 amide bonds. The summed E-state index contributed by atoms with van der Waals surface area (Å²) in [5, 5.41) is 0. The van der Waals surface area contributed by atoms with Crippen LogP contribution in [0.5, 0.6) is 5.75 Å². The molecule has 0 bridgehead atoms. The lowest BCUT2D eigenvalue weighted by molar-refractivity contribution is 0.0902. The van der Waals surface area contributed by atoms with Gasteiger partial charge < -0.3 is 9.47 Å². The molecular formula is C13H19NO4S.